The van der Waals surface area contributed by atoms with Gasteiger partial charge in [-0.1, -0.05) is 12.1 Å². The minimum absolute atomic E-state index is 0.0286. The highest BCUT2D eigenvalue weighted by Crippen LogP contribution is 2.31. The molecule has 0 saturated carbocycles. The molecule has 1 aromatic carbocycles. The largest absolute Gasteiger partial charge is 0.493 e. The van der Waals surface area contributed by atoms with Crippen molar-refractivity contribution < 1.29 is 14.3 Å². The van der Waals surface area contributed by atoms with Gasteiger partial charge in [-0.25, -0.2) is 4.98 Å². The molecule has 0 spiro atoms. The second kappa shape index (κ2) is 7.94. The summed E-state index contributed by atoms with van der Waals surface area (Å²) in [5, 5.41) is 0. The zero-order valence-corrected chi connectivity index (χ0v) is 14.2. The number of carbonyl (C=O) groups is 1. The zero-order valence-electron chi connectivity index (χ0n) is 14.2. The monoisotopic (exact) mass is 342 g/mol. The summed E-state index contributed by atoms with van der Waals surface area (Å²) in [7, 11) is 1.59. The maximum Gasteiger partial charge on any atom is 0.238 e. The van der Waals surface area contributed by atoms with E-state index in [0.717, 1.165) is 25.1 Å². The Balaban J connectivity index is 1.76. The number of hydrogen-bond acceptors (Lipinski definition) is 6. The molecule has 0 aliphatic carbocycles. The number of ether oxygens (including phenoxy) is 2. The standard InChI is InChI=1S/C18H22N4O3/c1-24-15-6-2-3-7-16(15)25-17-11-20-10-14(21-17)13-5-4-8-22(12-13)18(23)9-19/h2-3,6-7,10-11,13H,4-5,8-9,12,19H2,1H3/t13-/m1/s1. The van der Waals surface area contributed by atoms with Gasteiger partial charge in [0.1, 0.15) is 0 Å². The molecule has 2 heterocycles. The van der Waals surface area contributed by atoms with Crippen LogP contribution >= 0.6 is 0 Å². The summed E-state index contributed by atoms with van der Waals surface area (Å²) < 4.78 is 11.1. The Labute approximate surface area is 146 Å². The summed E-state index contributed by atoms with van der Waals surface area (Å²) in [6.45, 7) is 1.40. The third-order valence-corrected chi connectivity index (χ3v) is 4.28. The van der Waals surface area contributed by atoms with Gasteiger partial charge in [0.25, 0.3) is 0 Å². The fourth-order valence-electron chi connectivity index (χ4n) is 3.00. The predicted molar refractivity (Wildman–Crippen MR) is 92.7 cm³/mol. The minimum atomic E-state index is -0.0286. The van der Waals surface area contributed by atoms with Crippen molar-refractivity contribution in [2.75, 3.05) is 26.7 Å². The number of rotatable bonds is 5. The van der Waals surface area contributed by atoms with Crippen LogP contribution in [0.4, 0.5) is 0 Å². The third kappa shape index (κ3) is 4.06. The Morgan fingerprint density at radius 2 is 2.12 bits per heavy atom. The van der Waals surface area contributed by atoms with E-state index in [9.17, 15) is 4.79 Å². The SMILES string of the molecule is COc1ccccc1Oc1cncc([C@@H]2CCCN(C(=O)CN)C2)n1. The number of methoxy groups -OCH3 is 1. The molecule has 7 heteroatoms. The van der Waals surface area contributed by atoms with Crippen LogP contribution in [0, 0.1) is 0 Å². The molecule has 132 valence electrons. The average Bonchev–Trinajstić information content (AvgIpc) is 2.68. The first kappa shape index (κ1) is 17.2. The molecule has 25 heavy (non-hydrogen) atoms. The molecule has 2 N–H and O–H groups in total. The lowest BCUT2D eigenvalue weighted by Gasteiger charge is -2.32. The first-order valence-corrected chi connectivity index (χ1v) is 8.32. The van der Waals surface area contributed by atoms with Gasteiger partial charge in [0.2, 0.25) is 11.8 Å². The van der Waals surface area contributed by atoms with Gasteiger partial charge in [0, 0.05) is 25.2 Å². The van der Waals surface area contributed by atoms with Crippen molar-refractivity contribution >= 4 is 5.91 Å². The summed E-state index contributed by atoms with van der Waals surface area (Å²) in [4.78, 5) is 22.5. The number of piperidine rings is 1. The maximum atomic E-state index is 11.8. The second-order valence-corrected chi connectivity index (χ2v) is 5.92. The summed E-state index contributed by atoms with van der Waals surface area (Å²) in [5.74, 6) is 1.73. The first-order valence-electron chi connectivity index (χ1n) is 8.32. The normalized spacial score (nSPS) is 17.2. The minimum Gasteiger partial charge on any atom is -0.493 e. The molecule has 1 amide bonds. The van der Waals surface area contributed by atoms with Crippen LogP contribution in [0.5, 0.6) is 17.4 Å². The molecule has 0 bridgehead atoms. The first-order chi connectivity index (χ1) is 12.2. The van der Waals surface area contributed by atoms with Crippen molar-refractivity contribution in [1.29, 1.82) is 0 Å². The van der Waals surface area contributed by atoms with E-state index >= 15 is 0 Å². The lowest BCUT2D eigenvalue weighted by Crippen LogP contribution is -2.42. The topological polar surface area (TPSA) is 90.6 Å². The van der Waals surface area contributed by atoms with E-state index < -0.39 is 0 Å². The summed E-state index contributed by atoms with van der Waals surface area (Å²) in [6, 6.07) is 7.38. The van der Waals surface area contributed by atoms with Crippen LogP contribution in [0.25, 0.3) is 0 Å². The van der Waals surface area contributed by atoms with Crippen molar-refractivity contribution in [3.8, 4) is 17.4 Å². The Morgan fingerprint density at radius 1 is 1.32 bits per heavy atom. The van der Waals surface area contributed by atoms with E-state index in [2.05, 4.69) is 9.97 Å². The van der Waals surface area contributed by atoms with Gasteiger partial charge in [0.15, 0.2) is 11.5 Å². The van der Waals surface area contributed by atoms with Gasteiger partial charge in [0.05, 0.1) is 25.5 Å². The van der Waals surface area contributed by atoms with Crippen molar-refractivity contribution in [2.24, 2.45) is 5.73 Å². The van der Waals surface area contributed by atoms with Crippen LogP contribution < -0.4 is 15.2 Å². The molecule has 1 aliphatic heterocycles. The molecule has 1 atom stereocenters. The van der Waals surface area contributed by atoms with Gasteiger partial charge >= 0.3 is 0 Å². The lowest BCUT2D eigenvalue weighted by atomic mass is 9.95. The number of aromatic nitrogens is 2. The van der Waals surface area contributed by atoms with Crippen molar-refractivity contribution in [3.05, 3.63) is 42.4 Å². The average molecular weight is 342 g/mol. The van der Waals surface area contributed by atoms with Crippen LogP contribution in [-0.2, 0) is 4.79 Å². The van der Waals surface area contributed by atoms with Crippen LogP contribution in [0.15, 0.2) is 36.7 Å². The lowest BCUT2D eigenvalue weighted by molar-refractivity contribution is -0.130. The fraction of sp³-hybridized carbons (Fsp3) is 0.389. The molecule has 1 aromatic heterocycles. The van der Waals surface area contributed by atoms with Crippen LogP contribution in [0.1, 0.15) is 24.5 Å². The number of para-hydroxylation sites is 2. The van der Waals surface area contributed by atoms with Gasteiger partial charge in [-0.15, -0.1) is 0 Å². The van der Waals surface area contributed by atoms with Gasteiger partial charge < -0.3 is 20.1 Å². The number of nitrogens with two attached hydrogens (primary N) is 1. The van der Waals surface area contributed by atoms with Crippen LogP contribution in [-0.4, -0.2) is 47.5 Å². The molecular weight excluding hydrogens is 320 g/mol. The zero-order chi connectivity index (χ0) is 17.6. The fourth-order valence-corrected chi connectivity index (χ4v) is 3.00. The molecule has 1 saturated heterocycles. The number of carbonyl (C=O) groups excluding carboxylic acids is 1. The molecule has 2 aromatic rings. The van der Waals surface area contributed by atoms with Gasteiger partial charge in [-0.2, -0.15) is 0 Å². The number of likely N-dealkylation sites (tertiary alicyclic amines) is 1. The number of hydrogen-bond donors (Lipinski definition) is 1. The highest BCUT2D eigenvalue weighted by molar-refractivity contribution is 5.78. The second-order valence-electron chi connectivity index (χ2n) is 5.92. The van der Waals surface area contributed by atoms with E-state index in [0.29, 0.717) is 23.9 Å². The highest BCUT2D eigenvalue weighted by Gasteiger charge is 2.25. The van der Waals surface area contributed by atoms with E-state index in [1.807, 2.05) is 24.3 Å². The van der Waals surface area contributed by atoms with Crippen LogP contribution in [0.3, 0.4) is 0 Å². The molecule has 1 fully saturated rings. The molecule has 3 rings (SSSR count). The van der Waals surface area contributed by atoms with Crippen molar-refractivity contribution in [3.63, 3.8) is 0 Å². The van der Waals surface area contributed by atoms with Gasteiger partial charge in [-0.3, -0.25) is 9.78 Å². The smallest absolute Gasteiger partial charge is 0.238 e. The van der Waals surface area contributed by atoms with Gasteiger partial charge in [-0.05, 0) is 25.0 Å². The number of nitrogens with zero attached hydrogens (tertiary/aromatic N) is 3. The van der Waals surface area contributed by atoms with Crippen molar-refractivity contribution in [2.45, 2.75) is 18.8 Å². The Bertz CT molecular complexity index is 738. The molecule has 7 nitrogen and oxygen atoms in total. The van der Waals surface area contributed by atoms with Crippen molar-refractivity contribution in [1.82, 2.24) is 14.9 Å². The highest BCUT2D eigenvalue weighted by atomic mass is 16.5. The summed E-state index contributed by atoms with van der Waals surface area (Å²) in [6.07, 6.45) is 5.19. The molecule has 0 radical (unpaired) electrons. The molecule has 1 aliphatic rings. The van der Waals surface area contributed by atoms with E-state index in [1.54, 1.807) is 24.4 Å². The summed E-state index contributed by atoms with van der Waals surface area (Å²) >= 11 is 0. The van der Waals surface area contributed by atoms with E-state index in [-0.39, 0.29) is 18.4 Å². The molecular formula is C18H22N4O3. The Morgan fingerprint density at radius 3 is 2.88 bits per heavy atom. The maximum absolute atomic E-state index is 11.8. The predicted octanol–water partition coefficient (Wildman–Crippen LogP) is 1.94. The quantitative estimate of drug-likeness (QED) is 0.893. The Hall–Kier alpha value is -2.67. The third-order valence-electron chi connectivity index (χ3n) is 4.28. The number of benzene rings is 1. The van der Waals surface area contributed by atoms with E-state index in [1.165, 1.54) is 0 Å². The van der Waals surface area contributed by atoms with Crippen LogP contribution in [0.2, 0.25) is 0 Å². The van der Waals surface area contributed by atoms with E-state index in [4.69, 9.17) is 15.2 Å². The summed E-state index contributed by atoms with van der Waals surface area (Å²) in [5.41, 5.74) is 6.29. The Kier molecular flexibility index (Phi) is 5.45. The molecule has 0 unspecified atom stereocenters. The number of amides is 1.